The summed E-state index contributed by atoms with van der Waals surface area (Å²) in [5, 5.41) is 3.96. The van der Waals surface area contributed by atoms with E-state index in [2.05, 4.69) is 19.2 Å². The summed E-state index contributed by atoms with van der Waals surface area (Å²) in [6, 6.07) is 7.90. The van der Waals surface area contributed by atoms with Crippen LogP contribution in [0.15, 0.2) is 24.3 Å². The van der Waals surface area contributed by atoms with Crippen LogP contribution >= 0.6 is 11.6 Å². The number of hydrogen-bond acceptors (Lipinski definition) is 3. The molecule has 0 aliphatic carbocycles. The van der Waals surface area contributed by atoms with Crippen LogP contribution in [0.25, 0.3) is 0 Å². The van der Waals surface area contributed by atoms with Gasteiger partial charge in [0.05, 0.1) is 24.4 Å². The van der Waals surface area contributed by atoms with E-state index in [4.69, 9.17) is 21.1 Å². The molecule has 4 heteroatoms. The lowest BCUT2D eigenvalue weighted by Crippen LogP contribution is -2.36. The molecule has 1 aliphatic rings. The zero-order valence-electron chi connectivity index (χ0n) is 12.4. The van der Waals surface area contributed by atoms with Crippen molar-refractivity contribution in [3.8, 4) is 0 Å². The van der Waals surface area contributed by atoms with Gasteiger partial charge in [-0.15, -0.1) is 0 Å². The molecule has 0 aromatic heterocycles. The number of ether oxygens (including phenoxy) is 2. The van der Waals surface area contributed by atoms with Gasteiger partial charge in [-0.2, -0.15) is 0 Å². The van der Waals surface area contributed by atoms with Crippen LogP contribution in [0.2, 0.25) is 5.02 Å². The number of benzene rings is 1. The molecular formula is C16H24ClNO2. The van der Waals surface area contributed by atoms with Crippen LogP contribution in [-0.2, 0) is 9.47 Å². The molecule has 0 amide bonds. The summed E-state index contributed by atoms with van der Waals surface area (Å²) in [7, 11) is 1.93. The summed E-state index contributed by atoms with van der Waals surface area (Å²) in [4.78, 5) is 0. The predicted octanol–water partition coefficient (Wildman–Crippen LogP) is 3.57. The van der Waals surface area contributed by atoms with Gasteiger partial charge in [-0.3, -0.25) is 0 Å². The van der Waals surface area contributed by atoms with Gasteiger partial charge in [0.15, 0.2) is 0 Å². The molecule has 0 radical (unpaired) electrons. The van der Waals surface area contributed by atoms with Crippen molar-refractivity contribution in [1.82, 2.24) is 5.32 Å². The first-order valence-electron chi connectivity index (χ1n) is 7.30. The monoisotopic (exact) mass is 297 g/mol. The van der Waals surface area contributed by atoms with E-state index >= 15 is 0 Å². The summed E-state index contributed by atoms with van der Waals surface area (Å²) in [5.41, 5.74) is 1.05. The summed E-state index contributed by atoms with van der Waals surface area (Å²) >= 11 is 6.30. The quantitative estimate of drug-likeness (QED) is 0.901. The lowest BCUT2D eigenvalue weighted by molar-refractivity contribution is -0.121. The first-order chi connectivity index (χ1) is 9.60. The zero-order chi connectivity index (χ0) is 14.5. The van der Waals surface area contributed by atoms with Gasteiger partial charge in [0.1, 0.15) is 0 Å². The van der Waals surface area contributed by atoms with Gasteiger partial charge < -0.3 is 14.8 Å². The average Bonchev–Trinajstić information content (AvgIpc) is 2.37. The molecule has 1 N–H and O–H groups in total. The summed E-state index contributed by atoms with van der Waals surface area (Å²) in [6.45, 7) is 4.97. The summed E-state index contributed by atoms with van der Waals surface area (Å²) in [6.07, 6.45) is 2.60. The van der Waals surface area contributed by atoms with Gasteiger partial charge in [-0.05, 0) is 39.8 Å². The first kappa shape index (κ1) is 15.8. The van der Waals surface area contributed by atoms with Crippen molar-refractivity contribution in [2.75, 3.05) is 13.6 Å². The number of rotatable bonds is 5. The second-order valence-corrected chi connectivity index (χ2v) is 5.96. The Kier molecular flexibility index (Phi) is 5.85. The standard InChI is InChI=1S/C16H24ClNO2/c1-11-8-13(9-12(2)19-11)20-16(10-18-3)14-6-4-5-7-15(14)17/h4-7,11-13,16,18H,8-10H2,1-3H3. The maximum atomic E-state index is 6.31. The Morgan fingerprint density at radius 1 is 1.30 bits per heavy atom. The number of halogens is 1. The van der Waals surface area contributed by atoms with Crippen LogP contribution in [0.1, 0.15) is 38.4 Å². The molecule has 1 aliphatic heterocycles. The summed E-state index contributed by atoms with van der Waals surface area (Å²) in [5.74, 6) is 0. The SMILES string of the molecule is CNCC(OC1CC(C)OC(C)C1)c1ccccc1Cl. The first-order valence-corrected chi connectivity index (χ1v) is 7.68. The molecule has 3 unspecified atom stereocenters. The molecule has 1 aromatic rings. The van der Waals surface area contributed by atoms with E-state index < -0.39 is 0 Å². The topological polar surface area (TPSA) is 30.5 Å². The number of nitrogens with one attached hydrogen (secondary N) is 1. The van der Waals surface area contributed by atoms with Crippen LogP contribution in [0.4, 0.5) is 0 Å². The molecule has 1 heterocycles. The van der Waals surface area contributed by atoms with Gasteiger partial charge >= 0.3 is 0 Å². The molecule has 1 aromatic carbocycles. The molecule has 20 heavy (non-hydrogen) atoms. The highest BCUT2D eigenvalue weighted by Crippen LogP contribution is 2.30. The van der Waals surface area contributed by atoms with Gasteiger partial charge in [-0.25, -0.2) is 0 Å². The minimum absolute atomic E-state index is 0.0174. The van der Waals surface area contributed by atoms with Crippen LogP contribution in [-0.4, -0.2) is 31.9 Å². The average molecular weight is 298 g/mol. The highest BCUT2D eigenvalue weighted by molar-refractivity contribution is 6.31. The normalized spacial score (nSPS) is 28.3. The van der Waals surface area contributed by atoms with Crippen molar-refractivity contribution in [2.24, 2.45) is 0 Å². The Morgan fingerprint density at radius 2 is 1.95 bits per heavy atom. The number of likely N-dealkylation sites (N-methyl/N-ethyl adjacent to an activating group) is 1. The van der Waals surface area contributed by atoms with Crippen molar-refractivity contribution in [2.45, 2.75) is 51.1 Å². The van der Waals surface area contributed by atoms with Gasteiger partial charge in [-0.1, -0.05) is 29.8 Å². The predicted molar refractivity (Wildman–Crippen MR) is 82.2 cm³/mol. The third-order valence-corrected chi connectivity index (χ3v) is 4.00. The molecule has 0 saturated carbocycles. The van der Waals surface area contributed by atoms with Crippen LogP contribution in [0, 0.1) is 0 Å². The van der Waals surface area contributed by atoms with Crippen LogP contribution < -0.4 is 5.32 Å². The second-order valence-electron chi connectivity index (χ2n) is 5.55. The lowest BCUT2D eigenvalue weighted by Gasteiger charge is -2.34. The Bertz CT molecular complexity index is 417. The Labute approximate surface area is 126 Å². The fraction of sp³-hybridized carbons (Fsp3) is 0.625. The van der Waals surface area contributed by atoms with Crippen molar-refractivity contribution in [3.63, 3.8) is 0 Å². The van der Waals surface area contributed by atoms with Gasteiger partial charge in [0, 0.05) is 17.1 Å². The van der Waals surface area contributed by atoms with E-state index in [-0.39, 0.29) is 24.4 Å². The van der Waals surface area contributed by atoms with E-state index in [9.17, 15) is 0 Å². The van der Waals surface area contributed by atoms with E-state index in [0.29, 0.717) is 0 Å². The van der Waals surface area contributed by atoms with Gasteiger partial charge in [0.2, 0.25) is 0 Å². The van der Waals surface area contributed by atoms with Crippen molar-refractivity contribution in [1.29, 1.82) is 0 Å². The van der Waals surface area contributed by atoms with Crippen molar-refractivity contribution in [3.05, 3.63) is 34.9 Å². The highest BCUT2D eigenvalue weighted by Gasteiger charge is 2.28. The van der Waals surface area contributed by atoms with Crippen LogP contribution in [0.5, 0.6) is 0 Å². The largest absolute Gasteiger partial charge is 0.375 e. The second kappa shape index (κ2) is 7.41. The minimum atomic E-state index is -0.0174. The molecular weight excluding hydrogens is 274 g/mol. The van der Waals surface area contributed by atoms with Crippen molar-refractivity contribution >= 4 is 11.6 Å². The number of hydrogen-bond donors (Lipinski definition) is 1. The van der Waals surface area contributed by atoms with E-state index in [1.54, 1.807) is 0 Å². The Balaban J connectivity index is 2.07. The highest BCUT2D eigenvalue weighted by atomic mass is 35.5. The van der Waals surface area contributed by atoms with E-state index in [1.807, 2.05) is 31.3 Å². The van der Waals surface area contributed by atoms with Crippen molar-refractivity contribution < 1.29 is 9.47 Å². The molecule has 3 nitrogen and oxygen atoms in total. The Hall–Kier alpha value is -0.610. The fourth-order valence-corrected chi connectivity index (χ4v) is 3.10. The Morgan fingerprint density at radius 3 is 2.55 bits per heavy atom. The van der Waals surface area contributed by atoms with E-state index in [1.165, 1.54) is 0 Å². The third-order valence-electron chi connectivity index (χ3n) is 3.65. The molecule has 1 saturated heterocycles. The zero-order valence-corrected chi connectivity index (χ0v) is 13.2. The molecule has 2 rings (SSSR count). The molecule has 0 spiro atoms. The van der Waals surface area contributed by atoms with Crippen LogP contribution in [0.3, 0.4) is 0 Å². The van der Waals surface area contributed by atoms with E-state index in [0.717, 1.165) is 30.0 Å². The third kappa shape index (κ3) is 4.19. The fourth-order valence-electron chi connectivity index (χ4n) is 2.84. The molecule has 3 atom stereocenters. The maximum absolute atomic E-state index is 6.31. The molecule has 1 fully saturated rings. The smallest absolute Gasteiger partial charge is 0.0967 e. The lowest BCUT2D eigenvalue weighted by atomic mass is 10.0. The summed E-state index contributed by atoms with van der Waals surface area (Å²) < 4.78 is 12.1. The molecule has 0 bridgehead atoms. The van der Waals surface area contributed by atoms with Gasteiger partial charge in [0.25, 0.3) is 0 Å². The molecule has 112 valence electrons. The maximum Gasteiger partial charge on any atom is 0.0967 e. The minimum Gasteiger partial charge on any atom is -0.375 e.